The number of methoxy groups -OCH3 is 1. The van der Waals surface area contributed by atoms with E-state index in [4.69, 9.17) is 28.8 Å². The van der Waals surface area contributed by atoms with E-state index in [1.807, 2.05) is 30.3 Å². The number of rotatable bonds is 18. The molecule has 2 rings (SSSR count). The van der Waals surface area contributed by atoms with Crippen molar-refractivity contribution in [1.29, 1.82) is 0 Å². The van der Waals surface area contributed by atoms with Crippen LogP contribution in [0.25, 0.3) is 0 Å². The molecule has 0 unspecified atom stereocenters. The van der Waals surface area contributed by atoms with Gasteiger partial charge in [-0.1, -0.05) is 30.3 Å². The second-order valence-corrected chi connectivity index (χ2v) is 8.57. The summed E-state index contributed by atoms with van der Waals surface area (Å²) in [5, 5.41) is 8.62. The van der Waals surface area contributed by atoms with Crippen molar-refractivity contribution in [3.63, 3.8) is 0 Å². The molecule has 0 bridgehead atoms. The minimum Gasteiger partial charge on any atom is -0.451 e. The van der Waals surface area contributed by atoms with Crippen LogP contribution in [0.1, 0.15) is 25.3 Å². The van der Waals surface area contributed by atoms with Gasteiger partial charge in [0.1, 0.15) is 6.61 Å². The summed E-state index contributed by atoms with van der Waals surface area (Å²) in [5.74, 6) is -2.99. The SMILES string of the molecule is CO[C@@H](C(=O)N1C(=O)OC[C@H]1Cc1ccccc1)[C@@H](OC(C)=O)C(=O)C=CC(=O)CCCOCCOCCO. The van der Waals surface area contributed by atoms with Crippen LogP contribution in [-0.2, 0) is 49.3 Å². The fourth-order valence-electron chi connectivity index (χ4n) is 3.79. The number of cyclic esters (lactones) is 1. The lowest BCUT2D eigenvalue weighted by Crippen LogP contribution is -2.53. The van der Waals surface area contributed by atoms with Gasteiger partial charge in [-0.15, -0.1) is 0 Å². The van der Waals surface area contributed by atoms with Gasteiger partial charge in [-0.25, -0.2) is 9.69 Å². The van der Waals surface area contributed by atoms with Crippen LogP contribution in [-0.4, -0.2) is 105 Å². The van der Waals surface area contributed by atoms with E-state index in [0.29, 0.717) is 32.7 Å². The lowest BCUT2D eigenvalue weighted by Gasteiger charge is -2.27. The Labute approximate surface area is 226 Å². The molecular weight excluding hydrogens is 514 g/mol. The van der Waals surface area contributed by atoms with E-state index in [1.165, 1.54) is 0 Å². The second-order valence-electron chi connectivity index (χ2n) is 8.57. The van der Waals surface area contributed by atoms with Crippen molar-refractivity contribution >= 4 is 29.5 Å². The van der Waals surface area contributed by atoms with Crippen molar-refractivity contribution in [1.82, 2.24) is 4.90 Å². The van der Waals surface area contributed by atoms with Crippen molar-refractivity contribution in [2.45, 2.75) is 44.4 Å². The Morgan fingerprint density at radius 2 is 1.74 bits per heavy atom. The maximum absolute atomic E-state index is 13.4. The molecular formula is C27H35NO11. The molecule has 39 heavy (non-hydrogen) atoms. The number of ketones is 2. The summed E-state index contributed by atoms with van der Waals surface area (Å²) >= 11 is 0. The van der Waals surface area contributed by atoms with Gasteiger partial charge in [0.15, 0.2) is 23.8 Å². The van der Waals surface area contributed by atoms with Crippen LogP contribution >= 0.6 is 0 Å². The van der Waals surface area contributed by atoms with E-state index in [-0.39, 0.29) is 32.0 Å². The third-order valence-electron chi connectivity index (χ3n) is 5.61. The van der Waals surface area contributed by atoms with Gasteiger partial charge in [0, 0.05) is 27.1 Å². The van der Waals surface area contributed by atoms with Crippen LogP contribution in [0.15, 0.2) is 42.5 Å². The van der Waals surface area contributed by atoms with E-state index in [9.17, 15) is 24.0 Å². The van der Waals surface area contributed by atoms with Crippen LogP contribution in [0.2, 0.25) is 0 Å². The summed E-state index contributed by atoms with van der Waals surface area (Å²) in [5.41, 5.74) is 0.863. The van der Waals surface area contributed by atoms with Crippen LogP contribution in [0.4, 0.5) is 4.79 Å². The van der Waals surface area contributed by atoms with Gasteiger partial charge in [-0.3, -0.25) is 19.2 Å². The molecule has 12 nitrogen and oxygen atoms in total. The van der Waals surface area contributed by atoms with E-state index in [1.54, 1.807) is 0 Å². The van der Waals surface area contributed by atoms with E-state index >= 15 is 0 Å². The molecule has 0 aromatic heterocycles. The predicted octanol–water partition coefficient (Wildman–Crippen LogP) is 1.02. The number of aliphatic hydroxyl groups is 1. The largest absolute Gasteiger partial charge is 0.451 e. The van der Waals surface area contributed by atoms with Crippen LogP contribution in [0.5, 0.6) is 0 Å². The minimum atomic E-state index is -1.72. The minimum absolute atomic E-state index is 0.0458. The maximum atomic E-state index is 13.4. The van der Waals surface area contributed by atoms with E-state index in [2.05, 4.69) is 0 Å². The van der Waals surface area contributed by atoms with Gasteiger partial charge < -0.3 is 28.8 Å². The van der Waals surface area contributed by atoms with Gasteiger partial charge in [0.05, 0.1) is 32.5 Å². The average molecular weight is 550 g/mol. The number of esters is 1. The van der Waals surface area contributed by atoms with Gasteiger partial charge in [0.25, 0.3) is 5.91 Å². The number of amides is 2. The summed E-state index contributed by atoms with van der Waals surface area (Å²) in [6, 6.07) is 8.51. The molecule has 1 fully saturated rings. The summed E-state index contributed by atoms with van der Waals surface area (Å²) in [6.45, 7) is 2.09. The summed E-state index contributed by atoms with van der Waals surface area (Å²) < 4.78 is 25.8. The number of allylic oxidation sites excluding steroid dienone is 1. The third kappa shape index (κ3) is 10.7. The highest BCUT2D eigenvalue weighted by Gasteiger charge is 2.45. The van der Waals surface area contributed by atoms with Crippen molar-refractivity contribution in [2.24, 2.45) is 0 Å². The number of hydrogen-bond acceptors (Lipinski definition) is 11. The quantitative estimate of drug-likeness (QED) is 0.159. The Kier molecular flexibility index (Phi) is 14.0. The number of carbonyl (C=O) groups excluding carboxylic acids is 5. The normalized spacial score (nSPS) is 16.6. The molecule has 2 amide bonds. The smallest absolute Gasteiger partial charge is 0.417 e. The number of hydrogen-bond donors (Lipinski definition) is 1. The van der Waals surface area contributed by atoms with Crippen molar-refractivity contribution in [3.8, 4) is 0 Å². The topological polar surface area (TPSA) is 155 Å². The number of ether oxygens (including phenoxy) is 5. The third-order valence-corrected chi connectivity index (χ3v) is 5.61. The molecule has 1 aromatic rings. The Hall–Kier alpha value is -3.45. The van der Waals surface area contributed by atoms with Gasteiger partial charge in [-0.2, -0.15) is 0 Å². The fraction of sp³-hybridized carbons (Fsp3) is 0.519. The fourth-order valence-corrected chi connectivity index (χ4v) is 3.79. The number of imide groups is 1. The number of carbonyl (C=O) groups is 5. The molecule has 0 aliphatic carbocycles. The molecule has 0 saturated carbocycles. The standard InChI is InChI=1S/C27H35NO11/c1-19(30)39-24(23(32)11-10-22(31)9-6-13-36-15-16-37-14-12-29)25(35-2)26(33)28-21(18-38-27(28)34)17-20-7-4-3-5-8-20/h3-5,7-8,10-11,21,24-25,29H,6,9,12-18H2,1-2H3/t21-,24+,25-/m1/s1. The average Bonchev–Trinajstić information content (AvgIpc) is 3.28. The van der Waals surface area contributed by atoms with Gasteiger partial charge in [0.2, 0.25) is 0 Å². The summed E-state index contributed by atoms with van der Waals surface area (Å²) in [7, 11) is 1.14. The van der Waals surface area contributed by atoms with E-state index in [0.717, 1.165) is 36.6 Å². The van der Waals surface area contributed by atoms with Crippen molar-refractivity contribution < 1.29 is 52.8 Å². The molecule has 0 spiro atoms. The molecule has 1 heterocycles. The Morgan fingerprint density at radius 3 is 2.38 bits per heavy atom. The van der Waals surface area contributed by atoms with Gasteiger partial charge >= 0.3 is 12.1 Å². The highest BCUT2D eigenvalue weighted by Crippen LogP contribution is 2.21. The number of benzene rings is 1. The second kappa shape index (κ2) is 17.2. The van der Waals surface area contributed by atoms with Crippen LogP contribution in [0, 0.1) is 0 Å². The maximum Gasteiger partial charge on any atom is 0.417 e. The molecule has 0 radical (unpaired) electrons. The zero-order valence-corrected chi connectivity index (χ0v) is 22.1. The molecule has 1 aromatic carbocycles. The molecule has 1 saturated heterocycles. The van der Waals surface area contributed by atoms with Crippen LogP contribution < -0.4 is 0 Å². The van der Waals surface area contributed by atoms with E-state index < -0.39 is 42.0 Å². The first-order valence-electron chi connectivity index (χ1n) is 12.5. The molecule has 214 valence electrons. The zero-order chi connectivity index (χ0) is 28.6. The van der Waals surface area contributed by atoms with Gasteiger partial charge in [-0.05, 0) is 30.6 Å². The van der Waals surface area contributed by atoms with Crippen molar-refractivity contribution in [3.05, 3.63) is 48.0 Å². The Bertz CT molecular complexity index is 995. The molecule has 3 atom stereocenters. The molecule has 1 aliphatic rings. The molecule has 1 aliphatic heterocycles. The zero-order valence-electron chi connectivity index (χ0n) is 22.1. The Balaban J connectivity index is 2.01. The van der Waals surface area contributed by atoms with Crippen LogP contribution in [0.3, 0.4) is 0 Å². The molecule has 12 heteroatoms. The highest BCUT2D eigenvalue weighted by atomic mass is 16.6. The highest BCUT2D eigenvalue weighted by molar-refractivity contribution is 6.05. The lowest BCUT2D eigenvalue weighted by molar-refractivity contribution is -0.166. The predicted molar refractivity (Wildman–Crippen MR) is 136 cm³/mol. The monoisotopic (exact) mass is 549 g/mol. The lowest BCUT2D eigenvalue weighted by atomic mass is 10.0. The summed E-state index contributed by atoms with van der Waals surface area (Å²) in [6.07, 6.45) is -1.52. The molecule has 1 N–H and O–H groups in total. The first-order chi connectivity index (χ1) is 18.8. The number of nitrogens with zero attached hydrogens (tertiary/aromatic N) is 1. The number of aliphatic hydroxyl groups excluding tert-OH is 1. The van der Waals surface area contributed by atoms with Crippen molar-refractivity contribution in [2.75, 3.05) is 46.8 Å². The summed E-state index contributed by atoms with van der Waals surface area (Å²) in [4.78, 5) is 63.5. The first kappa shape index (κ1) is 31.8. The first-order valence-corrected chi connectivity index (χ1v) is 12.5. The Morgan fingerprint density at radius 1 is 1.05 bits per heavy atom.